The molecule has 0 atom stereocenters. The second-order valence-electron chi connectivity index (χ2n) is 5.33. The number of hydrogen-bond acceptors (Lipinski definition) is 5. The number of rotatable bonds is 4. The van der Waals surface area contributed by atoms with Gasteiger partial charge in [0.25, 0.3) is 11.8 Å². The molecule has 1 aliphatic rings. The first-order valence-electron chi connectivity index (χ1n) is 7.26. The molecule has 0 spiro atoms. The summed E-state index contributed by atoms with van der Waals surface area (Å²) in [5.41, 5.74) is 1.57. The maximum absolute atomic E-state index is 12.2. The Balaban J connectivity index is 1.43. The fraction of sp³-hybridized carbons (Fsp3) is 0.125. The van der Waals surface area contributed by atoms with Gasteiger partial charge in [0.2, 0.25) is 5.91 Å². The van der Waals surface area contributed by atoms with Crippen LogP contribution in [0.5, 0.6) is 0 Å². The van der Waals surface area contributed by atoms with Gasteiger partial charge in [0.15, 0.2) is 4.96 Å². The van der Waals surface area contributed by atoms with E-state index in [4.69, 9.17) is 0 Å². The summed E-state index contributed by atoms with van der Waals surface area (Å²) in [4.78, 5) is 42.6. The molecule has 2 aromatic heterocycles. The predicted molar refractivity (Wildman–Crippen MR) is 86.7 cm³/mol. The smallest absolute Gasteiger partial charge is 0.262 e. The van der Waals surface area contributed by atoms with E-state index in [0.29, 0.717) is 17.7 Å². The van der Waals surface area contributed by atoms with Crippen LogP contribution in [0, 0.1) is 0 Å². The van der Waals surface area contributed by atoms with Gasteiger partial charge in [0.1, 0.15) is 6.54 Å². The molecule has 24 heavy (non-hydrogen) atoms. The molecule has 0 unspecified atom stereocenters. The Labute approximate surface area is 140 Å². The minimum absolute atomic E-state index is 0.288. The molecule has 3 amide bonds. The first-order valence-corrected chi connectivity index (χ1v) is 8.14. The number of thiazole rings is 1. The van der Waals surface area contributed by atoms with Crippen LogP contribution in [0.3, 0.4) is 0 Å². The van der Waals surface area contributed by atoms with Gasteiger partial charge in [-0.25, -0.2) is 4.98 Å². The lowest BCUT2D eigenvalue weighted by Gasteiger charge is -2.13. The number of hydrogen-bond donors (Lipinski definition) is 1. The van der Waals surface area contributed by atoms with Crippen LogP contribution in [0.2, 0.25) is 0 Å². The number of nitrogens with zero attached hydrogens (tertiary/aromatic N) is 3. The fourth-order valence-corrected chi connectivity index (χ4v) is 3.52. The summed E-state index contributed by atoms with van der Waals surface area (Å²) in [7, 11) is 0. The first kappa shape index (κ1) is 14.6. The summed E-state index contributed by atoms with van der Waals surface area (Å²) >= 11 is 1.48. The lowest BCUT2D eigenvalue weighted by atomic mass is 10.1. The number of fused-ring (bicyclic) bond motifs is 2. The zero-order chi connectivity index (χ0) is 16.7. The van der Waals surface area contributed by atoms with Crippen molar-refractivity contribution in [3.8, 4) is 0 Å². The summed E-state index contributed by atoms with van der Waals surface area (Å²) < 4.78 is 1.88. The number of imide groups is 1. The molecule has 7 nitrogen and oxygen atoms in total. The van der Waals surface area contributed by atoms with Crippen LogP contribution in [-0.4, -0.2) is 38.6 Å². The molecule has 1 N–H and O–H groups in total. The number of carbonyl (C=O) groups is 3. The molecule has 0 saturated heterocycles. The molecule has 3 heterocycles. The van der Waals surface area contributed by atoms with Gasteiger partial charge in [-0.05, 0) is 12.1 Å². The molecule has 0 radical (unpaired) electrons. The van der Waals surface area contributed by atoms with E-state index in [-0.39, 0.29) is 12.5 Å². The Morgan fingerprint density at radius 2 is 1.88 bits per heavy atom. The largest absolute Gasteiger partial charge is 0.349 e. The molecular formula is C16H12N4O3S. The fourth-order valence-electron chi connectivity index (χ4n) is 2.67. The highest BCUT2D eigenvalue weighted by molar-refractivity contribution is 7.15. The summed E-state index contributed by atoms with van der Waals surface area (Å²) in [5.74, 6) is -1.25. The topological polar surface area (TPSA) is 83.8 Å². The number of nitrogens with one attached hydrogen (secondary N) is 1. The molecular weight excluding hydrogens is 328 g/mol. The highest BCUT2D eigenvalue weighted by atomic mass is 32.1. The van der Waals surface area contributed by atoms with Gasteiger partial charge >= 0.3 is 0 Å². The molecule has 120 valence electrons. The second kappa shape index (κ2) is 5.57. The molecule has 4 rings (SSSR count). The molecule has 0 aliphatic carbocycles. The molecule has 8 heteroatoms. The third-order valence-electron chi connectivity index (χ3n) is 3.86. The van der Waals surface area contributed by atoms with Crippen molar-refractivity contribution in [3.63, 3.8) is 0 Å². The van der Waals surface area contributed by atoms with Crippen molar-refractivity contribution in [3.05, 3.63) is 58.9 Å². The van der Waals surface area contributed by atoms with Crippen LogP contribution >= 0.6 is 11.3 Å². The predicted octanol–water partition coefficient (Wildman–Crippen LogP) is 1.31. The number of aromatic nitrogens is 2. The minimum Gasteiger partial charge on any atom is -0.349 e. The van der Waals surface area contributed by atoms with Crippen LogP contribution in [0.15, 0.2) is 42.0 Å². The lowest BCUT2D eigenvalue weighted by molar-refractivity contribution is -0.121. The van der Waals surface area contributed by atoms with Crippen LogP contribution in [-0.2, 0) is 11.3 Å². The van der Waals surface area contributed by atoms with Crippen molar-refractivity contribution in [2.24, 2.45) is 0 Å². The number of benzene rings is 1. The molecule has 1 aliphatic heterocycles. The highest BCUT2D eigenvalue weighted by Crippen LogP contribution is 2.22. The quantitative estimate of drug-likeness (QED) is 0.726. The number of amides is 3. The Morgan fingerprint density at radius 3 is 2.58 bits per heavy atom. The van der Waals surface area contributed by atoms with Crippen LogP contribution in [0.25, 0.3) is 4.96 Å². The standard InChI is InChI=1S/C16H12N4O3S/c21-13(18-7-10-9-24-16-17-5-6-19(10)16)8-20-14(22)11-3-1-2-4-12(11)15(20)23/h1-6,9H,7-8H2,(H,18,21). The Morgan fingerprint density at radius 1 is 1.17 bits per heavy atom. The highest BCUT2D eigenvalue weighted by Gasteiger charge is 2.36. The van der Waals surface area contributed by atoms with Crippen LogP contribution in [0.4, 0.5) is 0 Å². The van der Waals surface area contributed by atoms with Gasteiger partial charge in [-0.3, -0.25) is 23.7 Å². The van der Waals surface area contributed by atoms with Gasteiger partial charge < -0.3 is 5.32 Å². The van der Waals surface area contributed by atoms with Gasteiger partial charge in [-0.15, -0.1) is 11.3 Å². The molecule has 1 aromatic carbocycles. The van der Waals surface area contributed by atoms with Gasteiger partial charge in [0, 0.05) is 17.8 Å². The van der Waals surface area contributed by atoms with Crippen molar-refractivity contribution in [1.82, 2.24) is 19.6 Å². The Hall–Kier alpha value is -3.00. The number of imidazole rings is 1. The Kier molecular flexibility index (Phi) is 3.39. The zero-order valence-electron chi connectivity index (χ0n) is 12.4. The molecule has 0 bridgehead atoms. The maximum atomic E-state index is 12.2. The first-order chi connectivity index (χ1) is 11.6. The summed E-state index contributed by atoms with van der Waals surface area (Å²) in [6.07, 6.45) is 3.51. The van der Waals surface area contributed by atoms with Crippen molar-refractivity contribution in [1.29, 1.82) is 0 Å². The van der Waals surface area contributed by atoms with Gasteiger partial charge in [-0.2, -0.15) is 0 Å². The van der Waals surface area contributed by atoms with E-state index in [1.807, 2.05) is 16.0 Å². The van der Waals surface area contributed by atoms with Crippen molar-refractivity contribution >= 4 is 34.0 Å². The van der Waals surface area contributed by atoms with Crippen LogP contribution in [0.1, 0.15) is 26.4 Å². The molecule has 0 saturated carbocycles. The van der Waals surface area contributed by atoms with Crippen LogP contribution < -0.4 is 5.32 Å². The third-order valence-corrected chi connectivity index (χ3v) is 4.77. The summed E-state index contributed by atoms with van der Waals surface area (Å²) in [6, 6.07) is 6.57. The van der Waals surface area contributed by atoms with Gasteiger partial charge in [0.05, 0.1) is 23.4 Å². The maximum Gasteiger partial charge on any atom is 0.262 e. The molecule has 3 aromatic rings. The monoisotopic (exact) mass is 340 g/mol. The normalized spacial score (nSPS) is 13.6. The Bertz CT molecular complexity index is 940. The van der Waals surface area contributed by atoms with E-state index in [2.05, 4.69) is 10.3 Å². The second-order valence-corrected chi connectivity index (χ2v) is 6.16. The van der Waals surface area contributed by atoms with E-state index in [9.17, 15) is 14.4 Å². The third kappa shape index (κ3) is 2.28. The average molecular weight is 340 g/mol. The van der Waals surface area contributed by atoms with Crippen molar-refractivity contribution in [2.45, 2.75) is 6.54 Å². The van der Waals surface area contributed by atoms with Crippen molar-refractivity contribution in [2.75, 3.05) is 6.54 Å². The zero-order valence-corrected chi connectivity index (χ0v) is 13.2. The lowest BCUT2D eigenvalue weighted by Crippen LogP contribution is -2.40. The summed E-state index contributed by atoms with van der Waals surface area (Å²) in [5, 5.41) is 4.64. The van der Waals surface area contributed by atoms with E-state index < -0.39 is 11.8 Å². The van der Waals surface area contributed by atoms with Crippen molar-refractivity contribution < 1.29 is 14.4 Å². The summed E-state index contributed by atoms with van der Waals surface area (Å²) in [6.45, 7) is 0.0158. The van der Waals surface area contributed by atoms with E-state index in [1.165, 1.54) is 11.3 Å². The molecule has 0 fully saturated rings. The van der Waals surface area contributed by atoms with E-state index >= 15 is 0 Å². The number of carbonyl (C=O) groups excluding carboxylic acids is 3. The van der Waals surface area contributed by atoms with Gasteiger partial charge in [-0.1, -0.05) is 12.1 Å². The van der Waals surface area contributed by atoms with E-state index in [1.54, 1.807) is 30.5 Å². The minimum atomic E-state index is -0.432. The average Bonchev–Trinajstić information content (AvgIpc) is 3.25. The van der Waals surface area contributed by atoms with E-state index in [0.717, 1.165) is 15.6 Å². The SMILES string of the molecule is O=C(CN1C(=O)c2ccccc2C1=O)NCc1csc2nccn12.